The molecule has 3 atom stereocenters. The van der Waals surface area contributed by atoms with Crippen molar-refractivity contribution in [2.75, 3.05) is 0 Å². The SMILES string of the molecule is CC1(C)C2C3(C)CCC213. The highest BCUT2D eigenvalue weighted by Crippen LogP contribution is 3.05. The van der Waals surface area contributed by atoms with Crippen LogP contribution in [0, 0.1) is 22.2 Å². The molecule has 0 saturated heterocycles. The van der Waals surface area contributed by atoms with E-state index >= 15 is 0 Å². The van der Waals surface area contributed by atoms with Crippen molar-refractivity contribution in [3.8, 4) is 0 Å². The Morgan fingerprint density at radius 1 is 1.11 bits per heavy atom. The average Bonchev–Trinajstić information content (AvgIpc) is 2.39. The minimum Gasteiger partial charge on any atom is -0.0590 e. The first-order valence-corrected chi connectivity index (χ1v) is 4.07. The Labute approximate surface area is 56.6 Å². The molecule has 0 aromatic rings. The van der Waals surface area contributed by atoms with Crippen LogP contribution in [0.1, 0.15) is 33.6 Å². The second-order valence-electron chi connectivity index (χ2n) is 5.04. The first-order chi connectivity index (χ1) is 4.07. The summed E-state index contributed by atoms with van der Waals surface area (Å²) in [5.41, 5.74) is 2.51. The zero-order valence-corrected chi connectivity index (χ0v) is 6.49. The summed E-state index contributed by atoms with van der Waals surface area (Å²) in [6.45, 7) is 7.36. The van der Waals surface area contributed by atoms with Gasteiger partial charge in [-0.05, 0) is 35.0 Å². The fraction of sp³-hybridized carbons (Fsp3) is 1.00. The highest BCUT2D eigenvalue weighted by Gasteiger charge is 3.00. The lowest BCUT2D eigenvalue weighted by atomic mass is 9.63. The molecule has 0 radical (unpaired) electrons. The molecule has 0 nitrogen and oxygen atoms in total. The quantitative estimate of drug-likeness (QED) is 0.463. The minimum absolute atomic E-state index is 0.764. The van der Waals surface area contributed by atoms with Crippen LogP contribution < -0.4 is 0 Å². The molecule has 0 N–H and O–H groups in total. The van der Waals surface area contributed by atoms with Gasteiger partial charge in [0.25, 0.3) is 0 Å². The molecule has 0 aliphatic heterocycles. The third-order valence-corrected chi connectivity index (χ3v) is 4.89. The first kappa shape index (κ1) is 4.76. The van der Waals surface area contributed by atoms with Crippen LogP contribution in [0.15, 0.2) is 0 Å². The molecule has 9 heavy (non-hydrogen) atoms. The van der Waals surface area contributed by atoms with Gasteiger partial charge in [0.15, 0.2) is 0 Å². The van der Waals surface area contributed by atoms with Gasteiger partial charge in [0.2, 0.25) is 0 Å². The maximum absolute atomic E-state index is 2.48. The van der Waals surface area contributed by atoms with Crippen LogP contribution in [0.4, 0.5) is 0 Å². The van der Waals surface area contributed by atoms with Crippen molar-refractivity contribution in [1.29, 1.82) is 0 Å². The molecule has 0 heteroatoms. The van der Waals surface area contributed by atoms with E-state index < -0.39 is 0 Å². The van der Waals surface area contributed by atoms with Gasteiger partial charge >= 0.3 is 0 Å². The van der Waals surface area contributed by atoms with E-state index in [0.29, 0.717) is 0 Å². The molecule has 50 valence electrons. The molecule has 0 aromatic carbocycles. The van der Waals surface area contributed by atoms with Crippen molar-refractivity contribution in [2.45, 2.75) is 33.6 Å². The number of rotatable bonds is 0. The fourth-order valence-electron chi connectivity index (χ4n) is 4.47. The Morgan fingerprint density at radius 3 is 1.78 bits per heavy atom. The molecule has 3 unspecified atom stereocenters. The molecule has 3 aliphatic carbocycles. The van der Waals surface area contributed by atoms with Crippen molar-refractivity contribution >= 4 is 0 Å². The van der Waals surface area contributed by atoms with Crippen molar-refractivity contribution in [3.05, 3.63) is 0 Å². The van der Waals surface area contributed by atoms with E-state index in [9.17, 15) is 0 Å². The molecule has 0 bridgehead atoms. The first-order valence-electron chi connectivity index (χ1n) is 4.07. The molecule has 0 heterocycles. The van der Waals surface area contributed by atoms with Crippen molar-refractivity contribution in [1.82, 2.24) is 0 Å². The van der Waals surface area contributed by atoms with Gasteiger partial charge in [0, 0.05) is 0 Å². The number of hydrogen-bond acceptors (Lipinski definition) is 0. The summed E-state index contributed by atoms with van der Waals surface area (Å²) < 4.78 is 0. The number of fused-ring (bicyclic) bond motifs is 1. The zero-order valence-electron chi connectivity index (χ0n) is 6.49. The van der Waals surface area contributed by atoms with Gasteiger partial charge in [0.05, 0.1) is 0 Å². The van der Waals surface area contributed by atoms with Crippen molar-refractivity contribution < 1.29 is 0 Å². The third-order valence-electron chi connectivity index (χ3n) is 4.89. The van der Waals surface area contributed by atoms with E-state index in [0.717, 1.165) is 22.2 Å². The standard InChI is InChI=1S/C9H14/c1-7(2)6-8(3)4-5-9(6,7)8/h6H,4-5H2,1-3H3. The summed E-state index contributed by atoms with van der Waals surface area (Å²) >= 11 is 0. The lowest BCUT2D eigenvalue weighted by Crippen LogP contribution is -2.34. The molecule has 0 amide bonds. The van der Waals surface area contributed by atoms with Gasteiger partial charge in [-0.15, -0.1) is 0 Å². The summed E-state index contributed by atoms with van der Waals surface area (Å²) in [5, 5.41) is 0. The molecular weight excluding hydrogens is 108 g/mol. The van der Waals surface area contributed by atoms with Gasteiger partial charge in [0.1, 0.15) is 0 Å². The minimum atomic E-state index is 0.764. The predicted molar refractivity (Wildman–Crippen MR) is 37.0 cm³/mol. The summed E-state index contributed by atoms with van der Waals surface area (Å²) in [7, 11) is 0. The van der Waals surface area contributed by atoms with E-state index in [1.54, 1.807) is 6.42 Å². The van der Waals surface area contributed by atoms with Crippen molar-refractivity contribution in [2.24, 2.45) is 22.2 Å². The van der Waals surface area contributed by atoms with Gasteiger partial charge in [-0.3, -0.25) is 0 Å². The average molecular weight is 122 g/mol. The molecule has 3 aliphatic rings. The molecule has 0 aromatic heterocycles. The van der Waals surface area contributed by atoms with Crippen LogP contribution in [0.25, 0.3) is 0 Å². The van der Waals surface area contributed by atoms with Crippen LogP contribution in [0.5, 0.6) is 0 Å². The maximum atomic E-state index is 2.48. The van der Waals surface area contributed by atoms with Crippen LogP contribution in [0.2, 0.25) is 0 Å². The second kappa shape index (κ2) is 0.741. The normalized spacial score (nSPS) is 71.7. The summed E-state index contributed by atoms with van der Waals surface area (Å²) in [6.07, 6.45) is 3.07. The van der Waals surface area contributed by atoms with E-state index in [-0.39, 0.29) is 0 Å². The molecule has 3 fully saturated rings. The Hall–Kier alpha value is 0. The van der Waals surface area contributed by atoms with Crippen LogP contribution in [0.3, 0.4) is 0 Å². The second-order valence-corrected chi connectivity index (χ2v) is 5.04. The predicted octanol–water partition coefficient (Wildman–Crippen LogP) is 2.44. The largest absolute Gasteiger partial charge is 0.0590 e. The van der Waals surface area contributed by atoms with Gasteiger partial charge < -0.3 is 0 Å². The summed E-state index contributed by atoms with van der Waals surface area (Å²) in [4.78, 5) is 0. The van der Waals surface area contributed by atoms with Gasteiger partial charge in [-0.25, -0.2) is 0 Å². The maximum Gasteiger partial charge on any atom is -0.0147 e. The van der Waals surface area contributed by atoms with Gasteiger partial charge in [-0.2, -0.15) is 0 Å². The lowest BCUT2D eigenvalue weighted by molar-refractivity contribution is 0.0728. The molecular formula is C9H14. The summed E-state index contributed by atoms with van der Waals surface area (Å²) in [6, 6.07) is 0. The van der Waals surface area contributed by atoms with Crippen LogP contribution >= 0.6 is 0 Å². The number of hydrogen-bond donors (Lipinski definition) is 0. The Morgan fingerprint density at radius 2 is 1.78 bits per heavy atom. The van der Waals surface area contributed by atoms with E-state index in [1.807, 2.05) is 0 Å². The van der Waals surface area contributed by atoms with E-state index in [4.69, 9.17) is 0 Å². The Kier molecular flexibility index (Phi) is 0.392. The Bertz CT molecular complexity index is 191. The highest BCUT2D eigenvalue weighted by molar-refractivity contribution is 5.47. The lowest BCUT2D eigenvalue weighted by Gasteiger charge is -2.41. The van der Waals surface area contributed by atoms with Crippen LogP contribution in [-0.2, 0) is 0 Å². The molecule has 1 spiro atoms. The van der Waals surface area contributed by atoms with Gasteiger partial charge in [-0.1, -0.05) is 20.8 Å². The van der Waals surface area contributed by atoms with Crippen LogP contribution in [-0.4, -0.2) is 0 Å². The highest BCUT2D eigenvalue weighted by atomic mass is 15.0. The fourth-order valence-corrected chi connectivity index (χ4v) is 4.47. The monoisotopic (exact) mass is 122 g/mol. The topological polar surface area (TPSA) is 0 Å². The smallest absolute Gasteiger partial charge is 0.0147 e. The van der Waals surface area contributed by atoms with E-state index in [1.165, 1.54) is 6.42 Å². The molecule has 3 rings (SSSR count). The summed E-state index contributed by atoms with van der Waals surface area (Å²) in [5.74, 6) is 1.14. The zero-order chi connectivity index (χ0) is 6.49. The van der Waals surface area contributed by atoms with Crippen molar-refractivity contribution in [3.63, 3.8) is 0 Å². The molecule has 3 saturated carbocycles. The van der Waals surface area contributed by atoms with E-state index in [2.05, 4.69) is 20.8 Å². The Balaban J connectivity index is 2.05. The third kappa shape index (κ3) is 0.189.